The Hall–Kier alpha value is -8.31. The molecule has 0 amide bonds. The van der Waals surface area contributed by atoms with E-state index in [1.807, 2.05) is 54.6 Å². The molecule has 56 heavy (non-hydrogen) atoms. The van der Waals surface area contributed by atoms with Crippen molar-refractivity contribution in [3.8, 4) is 63.5 Å². The molecule has 7 heteroatoms. The number of para-hydroxylation sites is 3. The van der Waals surface area contributed by atoms with Crippen LogP contribution in [0.3, 0.4) is 0 Å². The Morgan fingerprint density at radius 1 is 0.393 bits per heavy atom. The lowest BCUT2D eigenvalue weighted by Gasteiger charge is -2.13. The highest BCUT2D eigenvalue weighted by atomic mass is 15.0. The number of benzene rings is 7. The number of nitrogens with zero attached hydrogens (tertiary/aromatic N) is 7. The van der Waals surface area contributed by atoms with Gasteiger partial charge < -0.3 is 9.13 Å². The monoisotopic (exact) mass is 713 g/mol. The molecular formula is C49H27N7. The maximum Gasteiger partial charge on any atom is 0.160 e. The SMILES string of the molecule is N#Cc1ccc(-c2cc(-c3ccc(-n4c5ccccc5c5cc(-n6c7ccccc7c7ccccc76)ccc54)c(C#N)c3)nc(-c3ccc(C#N)cc3)n2)cc1. The molecule has 0 aliphatic carbocycles. The van der Waals surface area contributed by atoms with Crippen molar-refractivity contribution >= 4 is 43.6 Å². The highest BCUT2D eigenvalue weighted by molar-refractivity contribution is 6.12. The quantitative estimate of drug-likeness (QED) is 0.176. The fourth-order valence-corrected chi connectivity index (χ4v) is 7.82. The summed E-state index contributed by atoms with van der Waals surface area (Å²) in [5.41, 5.74) is 11.3. The van der Waals surface area contributed by atoms with E-state index in [1.165, 1.54) is 10.8 Å². The average Bonchev–Trinajstić information content (AvgIpc) is 3.78. The van der Waals surface area contributed by atoms with Gasteiger partial charge >= 0.3 is 0 Å². The minimum Gasteiger partial charge on any atom is -0.309 e. The molecule has 0 bridgehead atoms. The first-order chi connectivity index (χ1) is 27.6. The minimum absolute atomic E-state index is 0.482. The highest BCUT2D eigenvalue weighted by Gasteiger charge is 2.19. The van der Waals surface area contributed by atoms with Gasteiger partial charge in [-0.1, -0.05) is 72.8 Å². The Morgan fingerprint density at radius 3 is 1.48 bits per heavy atom. The van der Waals surface area contributed by atoms with Crippen LogP contribution in [0.2, 0.25) is 0 Å². The zero-order chi connectivity index (χ0) is 37.8. The molecule has 10 aromatic rings. The smallest absolute Gasteiger partial charge is 0.160 e. The molecule has 0 N–H and O–H groups in total. The Labute approximate surface area is 321 Å². The van der Waals surface area contributed by atoms with Crippen molar-refractivity contribution in [2.45, 2.75) is 0 Å². The Balaban J connectivity index is 1.13. The molecule has 0 spiro atoms. The number of nitriles is 3. The van der Waals surface area contributed by atoms with E-state index in [-0.39, 0.29) is 0 Å². The molecule has 3 aromatic heterocycles. The van der Waals surface area contributed by atoms with Crippen LogP contribution >= 0.6 is 0 Å². The van der Waals surface area contributed by atoms with E-state index in [2.05, 4.69) is 112 Å². The number of rotatable bonds is 5. The van der Waals surface area contributed by atoms with Crippen LogP contribution in [-0.2, 0) is 0 Å². The third-order valence-electron chi connectivity index (χ3n) is 10.5. The van der Waals surface area contributed by atoms with Crippen LogP contribution in [0.4, 0.5) is 0 Å². The lowest BCUT2D eigenvalue weighted by molar-refractivity contribution is 1.15. The van der Waals surface area contributed by atoms with E-state index in [1.54, 1.807) is 24.3 Å². The predicted octanol–water partition coefficient (Wildman–Crippen LogP) is 11.3. The van der Waals surface area contributed by atoms with Gasteiger partial charge in [-0.05, 0) is 91.0 Å². The number of aromatic nitrogens is 4. The largest absolute Gasteiger partial charge is 0.309 e. The first kappa shape index (κ1) is 32.3. The third kappa shape index (κ3) is 5.18. The van der Waals surface area contributed by atoms with Crippen molar-refractivity contribution in [1.82, 2.24) is 19.1 Å². The van der Waals surface area contributed by atoms with Crippen LogP contribution in [-0.4, -0.2) is 19.1 Å². The normalized spacial score (nSPS) is 11.2. The maximum absolute atomic E-state index is 10.7. The average molecular weight is 714 g/mol. The molecule has 0 saturated heterocycles. The van der Waals surface area contributed by atoms with Crippen LogP contribution in [0.15, 0.2) is 164 Å². The van der Waals surface area contributed by atoms with Gasteiger partial charge in [0, 0.05) is 43.9 Å². The van der Waals surface area contributed by atoms with Crippen LogP contribution < -0.4 is 0 Å². The summed E-state index contributed by atoms with van der Waals surface area (Å²) < 4.78 is 4.50. The lowest BCUT2D eigenvalue weighted by atomic mass is 10.0. The van der Waals surface area contributed by atoms with Crippen molar-refractivity contribution in [2.24, 2.45) is 0 Å². The summed E-state index contributed by atoms with van der Waals surface area (Å²) in [6, 6.07) is 60.9. The van der Waals surface area contributed by atoms with Gasteiger partial charge in [0.25, 0.3) is 0 Å². The molecule has 0 atom stereocenters. The maximum atomic E-state index is 10.7. The topological polar surface area (TPSA) is 107 Å². The van der Waals surface area contributed by atoms with Crippen LogP contribution in [0.1, 0.15) is 16.7 Å². The third-order valence-corrected chi connectivity index (χ3v) is 10.5. The molecule has 0 unspecified atom stereocenters. The second-order valence-electron chi connectivity index (χ2n) is 13.6. The summed E-state index contributed by atoms with van der Waals surface area (Å²) in [5.74, 6) is 0.482. The molecule has 3 heterocycles. The molecule has 7 nitrogen and oxygen atoms in total. The first-order valence-electron chi connectivity index (χ1n) is 18.1. The Kier molecular flexibility index (Phi) is 7.49. The molecule has 0 aliphatic heterocycles. The van der Waals surface area contributed by atoms with Crippen molar-refractivity contribution < 1.29 is 0 Å². The van der Waals surface area contributed by atoms with Gasteiger partial charge in [0.1, 0.15) is 6.07 Å². The van der Waals surface area contributed by atoms with Gasteiger partial charge in [-0.3, -0.25) is 0 Å². The van der Waals surface area contributed by atoms with Gasteiger partial charge in [-0.2, -0.15) is 15.8 Å². The summed E-state index contributed by atoms with van der Waals surface area (Å²) in [4.78, 5) is 9.86. The fraction of sp³-hybridized carbons (Fsp3) is 0. The van der Waals surface area contributed by atoms with Crippen LogP contribution in [0.5, 0.6) is 0 Å². The summed E-state index contributed by atoms with van der Waals surface area (Å²) in [6.07, 6.45) is 0. The molecule has 0 radical (unpaired) electrons. The highest BCUT2D eigenvalue weighted by Crippen LogP contribution is 2.38. The number of fused-ring (bicyclic) bond motifs is 6. The first-order valence-corrected chi connectivity index (χ1v) is 18.1. The molecule has 7 aromatic carbocycles. The number of hydrogen-bond acceptors (Lipinski definition) is 5. The van der Waals surface area contributed by atoms with Gasteiger partial charge in [0.05, 0.1) is 68.0 Å². The van der Waals surface area contributed by atoms with Crippen molar-refractivity contribution in [2.75, 3.05) is 0 Å². The zero-order valence-electron chi connectivity index (χ0n) is 29.7. The molecule has 10 rings (SSSR count). The van der Waals surface area contributed by atoms with Gasteiger partial charge in [-0.15, -0.1) is 0 Å². The summed E-state index contributed by atoms with van der Waals surface area (Å²) in [7, 11) is 0. The summed E-state index contributed by atoms with van der Waals surface area (Å²) in [5, 5.41) is 34.1. The molecule has 0 aliphatic rings. The number of hydrogen-bond donors (Lipinski definition) is 0. The van der Waals surface area contributed by atoms with E-state index in [0.29, 0.717) is 33.9 Å². The summed E-state index contributed by atoms with van der Waals surface area (Å²) in [6.45, 7) is 0. The van der Waals surface area contributed by atoms with Crippen LogP contribution in [0.25, 0.3) is 88.9 Å². The van der Waals surface area contributed by atoms with Crippen molar-refractivity contribution in [1.29, 1.82) is 15.8 Å². The van der Waals surface area contributed by atoms with E-state index in [4.69, 9.17) is 9.97 Å². The Bertz CT molecular complexity index is 3200. The van der Waals surface area contributed by atoms with Gasteiger partial charge in [0.15, 0.2) is 5.82 Å². The van der Waals surface area contributed by atoms with E-state index in [9.17, 15) is 15.8 Å². The standard InChI is InChI=1S/C49H27N7/c50-28-31-13-17-33(18-14-31)42-27-43(54-49(53-42)34-19-15-32(29-51)16-20-34)35-21-23-44(36(25-35)30-52)56-47-12-6-3-9-40(47)41-26-37(22-24-48(41)56)55-45-10-4-1-7-38(45)39-8-2-5-11-46(39)55/h1-27H. The Morgan fingerprint density at radius 2 is 0.893 bits per heavy atom. The zero-order valence-corrected chi connectivity index (χ0v) is 29.7. The molecule has 0 fully saturated rings. The van der Waals surface area contributed by atoms with Crippen molar-refractivity contribution in [3.05, 3.63) is 180 Å². The van der Waals surface area contributed by atoms with Crippen LogP contribution in [0, 0.1) is 34.0 Å². The van der Waals surface area contributed by atoms with E-state index in [0.717, 1.165) is 60.9 Å². The predicted molar refractivity (Wildman–Crippen MR) is 221 cm³/mol. The minimum atomic E-state index is 0.482. The molecular weight excluding hydrogens is 687 g/mol. The van der Waals surface area contributed by atoms with E-state index < -0.39 is 0 Å². The second-order valence-corrected chi connectivity index (χ2v) is 13.6. The lowest BCUT2D eigenvalue weighted by Crippen LogP contribution is -2.00. The van der Waals surface area contributed by atoms with Gasteiger partial charge in [-0.25, -0.2) is 9.97 Å². The fourth-order valence-electron chi connectivity index (χ4n) is 7.82. The summed E-state index contributed by atoms with van der Waals surface area (Å²) >= 11 is 0. The molecule has 0 saturated carbocycles. The molecule has 258 valence electrons. The van der Waals surface area contributed by atoms with Gasteiger partial charge in [0.2, 0.25) is 0 Å². The second kappa shape index (κ2) is 13.0. The van der Waals surface area contributed by atoms with E-state index >= 15 is 0 Å². The van der Waals surface area contributed by atoms with Crippen molar-refractivity contribution in [3.63, 3.8) is 0 Å².